The van der Waals surface area contributed by atoms with Crippen LogP contribution in [0.4, 0.5) is 5.69 Å². The molecule has 122 valence electrons. The van der Waals surface area contributed by atoms with Gasteiger partial charge in [-0.05, 0) is 62.5 Å². The maximum atomic E-state index is 11.2. The summed E-state index contributed by atoms with van der Waals surface area (Å²) in [7, 11) is -3.19. The summed E-state index contributed by atoms with van der Waals surface area (Å²) in [6.45, 7) is 3.42. The molecule has 0 aromatic heterocycles. The highest BCUT2D eigenvalue weighted by molar-refractivity contribution is 7.92. The van der Waals surface area contributed by atoms with Gasteiger partial charge in [-0.1, -0.05) is 12.1 Å². The van der Waals surface area contributed by atoms with Gasteiger partial charge in [-0.2, -0.15) is 0 Å². The van der Waals surface area contributed by atoms with Gasteiger partial charge in [0.25, 0.3) is 0 Å². The van der Waals surface area contributed by atoms with E-state index >= 15 is 0 Å². The SMILES string of the molecule is CS(=O)(=O)Nc1ccc(C2CC2NCC2CCNCC2)cc1. The van der Waals surface area contributed by atoms with Crippen LogP contribution in [-0.4, -0.2) is 40.3 Å². The van der Waals surface area contributed by atoms with E-state index in [-0.39, 0.29) is 0 Å². The van der Waals surface area contributed by atoms with Gasteiger partial charge < -0.3 is 10.6 Å². The Morgan fingerprint density at radius 1 is 1.18 bits per heavy atom. The van der Waals surface area contributed by atoms with Gasteiger partial charge in [0.05, 0.1) is 6.26 Å². The van der Waals surface area contributed by atoms with E-state index in [0.717, 1.165) is 25.6 Å². The first kappa shape index (κ1) is 15.8. The number of piperidine rings is 1. The van der Waals surface area contributed by atoms with Crippen LogP contribution in [0.2, 0.25) is 0 Å². The first-order valence-corrected chi connectivity index (χ1v) is 9.92. The third-order valence-corrected chi connectivity index (χ3v) is 5.17. The van der Waals surface area contributed by atoms with Crippen LogP contribution in [0.1, 0.15) is 30.7 Å². The summed E-state index contributed by atoms with van der Waals surface area (Å²) in [5.74, 6) is 1.39. The second-order valence-corrected chi connectivity index (χ2v) is 8.30. The Hall–Kier alpha value is -1.11. The van der Waals surface area contributed by atoms with Crippen LogP contribution in [0.5, 0.6) is 0 Å². The van der Waals surface area contributed by atoms with Crippen LogP contribution in [0, 0.1) is 5.92 Å². The Labute approximate surface area is 132 Å². The molecule has 1 aliphatic heterocycles. The fraction of sp³-hybridized carbons (Fsp3) is 0.625. The van der Waals surface area contributed by atoms with Crippen LogP contribution in [0.3, 0.4) is 0 Å². The minimum Gasteiger partial charge on any atom is -0.317 e. The molecule has 6 heteroatoms. The van der Waals surface area contributed by atoms with Crippen molar-refractivity contribution in [3.05, 3.63) is 29.8 Å². The predicted octanol–water partition coefficient (Wildman–Crippen LogP) is 1.50. The van der Waals surface area contributed by atoms with Crippen LogP contribution in [0.25, 0.3) is 0 Å². The van der Waals surface area contributed by atoms with Crippen molar-refractivity contribution in [3.8, 4) is 0 Å². The predicted molar refractivity (Wildman–Crippen MR) is 89.7 cm³/mol. The summed E-state index contributed by atoms with van der Waals surface area (Å²) in [4.78, 5) is 0. The molecule has 0 radical (unpaired) electrons. The van der Waals surface area contributed by atoms with Crippen molar-refractivity contribution in [1.82, 2.24) is 10.6 Å². The van der Waals surface area contributed by atoms with Crippen molar-refractivity contribution in [1.29, 1.82) is 0 Å². The third-order valence-electron chi connectivity index (χ3n) is 4.56. The average molecular weight is 323 g/mol. The van der Waals surface area contributed by atoms with Gasteiger partial charge in [0, 0.05) is 17.6 Å². The molecule has 1 aromatic carbocycles. The summed E-state index contributed by atoms with van der Waals surface area (Å²) in [6, 6.07) is 8.34. The van der Waals surface area contributed by atoms with Gasteiger partial charge in [-0.25, -0.2) is 8.42 Å². The van der Waals surface area contributed by atoms with Gasteiger partial charge in [0.15, 0.2) is 0 Å². The highest BCUT2D eigenvalue weighted by atomic mass is 32.2. The quantitative estimate of drug-likeness (QED) is 0.742. The van der Waals surface area contributed by atoms with Crippen molar-refractivity contribution in [3.63, 3.8) is 0 Å². The highest BCUT2D eigenvalue weighted by Crippen LogP contribution is 2.41. The maximum Gasteiger partial charge on any atom is 0.229 e. The van der Waals surface area contributed by atoms with Crippen LogP contribution < -0.4 is 15.4 Å². The van der Waals surface area contributed by atoms with Gasteiger partial charge in [0.1, 0.15) is 0 Å². The molecule has 2 aliphatic rings. The van der Waals surface area contributed by atoms with Crippen molar-refractivity contribution in [2.24, 2.45) is 5.92 Å². The standard InChI is InChI=1S/C16H25N3O2S/c1-22(20,21)19-14-4-2-13(3-5-14)15-10-16(15)18-11-12-6-8-17-9-7-12/h2-5,12,15-19H,6-11H2,1H3. The van der Waals surface area contributed by atoms with E-state index in [1.165, 1.54) is 31.1 Å². The second-order valence-electron chi connectivity index (χ2n) is 6.55. The molecule has 3 rings (SSSR count). The number of hydrogen-bond donors (Lipinski definition) is 3. The van der Waals surface area contributed by atoms with E-state index in [9.17, 15) is 8.42 Å². The number of nitrogens with one attached hydrogen (secondary N) is 3. The number of anilines is 1. The van der Waals surface area contributed by atoms with Gasteiger partial charge in [-0.3, -0.25) is 4.72 Å². The molecule has 22 heavy (non-hydrogen) atoms. The normalized spacial score (nSPS) is 25.9. The molecule has 3 N–H and O–H groups in total. The zero-order valence-electron chi connectivity index (χ0n) is 13.0. The van der Waals surface area contributed by atoms with Crippen molar-refractivity contribution >= 4 is 15.7 Å². The van der Waals surface area contributed by atoms with E-state index in [1.807, 2.05) is 24.3 Å². The minimum atomic E-state index is -3.19. The fourth-order valence-corrected chi connectivity index (χ4v) is 3.77. The van der Waals surface area contributed by atoms with E-state index < -0.39 is 10.0 Å². The van der Waals surface area contributed by atoms with Crippen molar-refractivity contribution < 1.29 is 8.42 Å². The van der Waals surface area contributed by atoms with E-state index in [2.05, 4.69) is 15.4 Å². The Kier molecular flexibility index (Phi) is 4.70. The number of sulfonamides is 1. The Morgan fingerprint density at radius 2 is 1.86 bits per heavy atom. The lowest BCUT2D eigenvalue weighted by molar-refractivity contribution is 0.355. The van der Waals surface area contributed by atoms with Gasteiger partial charge in [0.2, 0.25) is 10.0 Å². The van der Waals surface area contributed by atoms with Gasteiger partial charge >= 0.3 is 0 Å². The summed E-state index contributed by atoms with van der Waals surface area (Å²) in [5, 5.41) is 7.09. The number of hydrogen-bond acceptors (Lipinski definition) is 4. The summed E-state index contributed by atoms with van der Waals surface area (Å²) >= 11 is 0. The van der Waals surface area contributed by atoms with Crippen molar-refractivity contribution in [2.45, 2.75) is 31.2 Å². The fourth-order valence-electron chi connectivity index (χ4n) is 3.21. The van der Waals surface area contributed by atoms with Crippen LogP contribution >= 0.6 is 0 Å². The first-order chi connectivity index (χ1) is 10.5. The molecule has 0 spiro atoms. The molecule has 2 atom stereocenters. The van der Waals surface area contributed by atoms with Crippen molar-refractivity contribution in [2.75, 3.05) is 30.6 Å². The van der Waals surface area contributed by atoms with E-state index in [4.69, 9.17) is 0 Å². The van der Waals surface area contributed by atoms with E-state index in [0.29, 0.717) is 17.6 Å². The zero-order valence-corrected chi connectivity index (χ0v) is 13.8. The molecule has 0 amide bonds. The van der Waals surface area contributed by atoms with E-state index in [1.54, 1.807) is 0 Å². The Balaban J connectivity index is 1.47. The largest absolute Gasteiger partial charge is 0.317 e. The maximum absolute atomic E-state index is 11.2. The molecule has 1 aliphatic carbocycles. The molecule has 2 unspecified atom stereocenters. The monoisotopic (exact) mass is 323 g/mol. The lowest BCUT2D eigenvalue weighted by atomic mass is 9.98. The molecule has 1 saturated heterocycles. The zero-order chi connectivity index (χ0) is 15.6. The van der Waals surface area contributed by atoms with Crippen LogP contribution in [0.15, 0.2) is 24.3 Å². The Morgan fingerprint density at radius 3 is 2.50 bits per heavy atom. The second kappa shape index (κ2) is 6.56. The molecular weight excluding hydrogens is 298 g/mol. The van der Waals surface area contributed by atoms with Gasteiger partial charge in [-0.15, -0.1) is 0 Å². The average Bonchev–Trinajstić information content (AvgIpc) is 3.25. The first-order valence-electron chi connectivity index (χ1n) is 8.03. The summed E-state index contributed by atoms with van der Waals surface area (Å²) < 4.78 is 24.9. The molecule has 1 heterocycles. The molecule has 1 aromatic rings. The lowest BCUT2D eigenvalue weighted by Crippen LogP contribution is -2.34. The summed E-state index contributed by atoms with van der Waals surface area (Å²) in [5.41, 5.74) is 1.92. The minimum absolute atomic E-state index is 0.578. The van der Waals surface area contributed by atoms with Crippen LogP contribution in [-0.2, 0) is 10.0 Å². The number of rotatable bonds is 6. The Bertz CT molecular complexity index is 594. The molecule has 5 nitrogen and oxygen atoms in total. The smallest absolute Gasteiger partial charge is 0.229 e. The summed E-state index contributed by atoms with van der Waals surface area (Å²) in [6.07, 6.45) is 4.90. The molecule has 1 saturated carbocycles. The highest BCUT2D eigenvalue weighted by Gasteiger charge is 2.38. The number of benzene rings is 1. The topological polar surface area (TPSA) is 70.2 Å². The molecule has 0 bridgehead atoms. The lowest BCUT2D eigenvalue weighted by Gasteiger charge is -2.22. The molecular formula is C16H25N3O2S. The third kappa shape index (κ3) is 4.44. The molecule has 2 fully saturated rings.